The third-order valence-electron chi connectivity index (χ3n) is 3.88. The lowest BCUT2D eigenvalue weighted by atomic mass is 9.90. The average molecular weight is 223 g/mol. The standard InChI is InChI=1S/C13H21NO2/c1-10-8-12(2-3-13(10)16)14-6-4-11(9-15)5-7-14/h2,10-11,15H,3-9H2,1H3. The van der Waals surface area contributed by atoms with E-state index in [4.69, 9.17) is 5.11 Å². The van der Waals surface area contributed by atoms with Crippen LogP contribution in [0.25, 0.3) is 0 Å². The topological polar surface area (TPSA) is 40.5 Å². The molecule has 3 nitrogen and oxygen atoms in total. The Kier molecular flexibility index (Phi) is 3.64. The SMILES string of the molecule is CC1CC(N2CCC(CO)CC2)=CCC1=O. The fraction of sp³-hybridized carbons (Fsp3) is 0.769. The molecule has 2 rings (SSSR count). The number of allylic oxidation sites excluding steroid dienone is 2. The summed E-state index contributed by atoms with van der Waals surface area (Å²) in [5.41, 5.74) is 1.35. The maximum atomic E-state index is 11.4. The van der Waals surface area contributed by atoms with E-state index >= 15 is 0 Å². The van der Waals surface area contributed by atoms with Crippen LogP contribution in [-0.4, -0.2) is 35.5 Å². The average Bonchev–Trinajstić information content (AvgIpc) is 2.33. The molecule has 16 heavy (non-hydrogen) atoms. The number of likely N-dealkylation sites (tertiary alicyclic amines) is 1. The van der Waals surface area contributed by atoms with Crippen molar-refractivity contribution in [1.82, 2.24) is 4.90 Å². The summed E-state index contributed by atoms with van der Waals surface area (Å²) in [5, 5.41) is 9.09. The van der Waals surface area contributed by atoms with E-state index in [0.717, 1.165) is 32.4 Å². The Balaban J connectivity index is 1.92. The minimum Gasteiger partial charge on any atom is -0.396 e. The van der Waals surface area contributed by atoms with Gasteiger partial charge in [0.05, 0.1) is 0 Å². The molecule has 0 amide bonds. The Morgan fingerprint density at radius 1 is 1.44 bits per heavy atom. The number of carbonyl (C=O) groups excluding carboxylic acids is 1. The number of ketones is 1. The van der Waals surface area contributed by atoms with E-state index in [1.807, 2.05) is 6.92 Å². The van der Waals surface area contributed by atoms with Gasteiger partial charge < -0.3 is 10.0 Å². The van der Waals surface area contributed by atoms with E-state index < -0.39 is 0 Å². The monoisotopic (exact) mass is 223 g/mol. The van der Waals surface area contributed by atoms with E-state index in [0.29, 0.717) is 24.7 Å². The summed E-state index contributed by atoms with van der Waals surface area (Å²) in [6, 6.07) is 0. The van der Waals surface area contributed by atoms with Crippen LogP contribution in [0.4, 0.5) is 0 Å². The van der Waals surface area contributed by atoms with Crippen molar-refractivity contribution in [3.05, 3.63) is 11.8 Å². The van der Waals surface area contributed by atoms with Crippen molar-refractivity contribution in [3.63, 3.8) is 0 Å². The molecule has 1 aliphatic heterocycles. The van der Waals surface area contributed by atoms with Crippen LogP contribution >= 0.6 is 0 Å². The zero-order valence-electron chi connectivity index (χ0n) is 9.98. The summed E-state index contributed by atoms with van der Waals surface area (Å²) in [7, 11) is 0. The van der Waals surface area contributed by atoms with Gasteiger partial charge in [0.2, 0.25) is 0 Å². The van der Waals surface area contributed by atoms with Crippen LogP contribution in [0.1, 0.15) is 32.6 Å². The largest absolute Gasteiger partial charge is 0.396 e. The Labute approximate surface area is 97.1 Å². The molecule has 0 bridgehead atoms. The summed E-state index contributed by atoms with van der Waals surface area (Å²) >= 11 is 0. The maximum absolute atomic E-state index is 11.4. The van der Waals surface area contributed by atoms with E-state index in [-0.39, 0.29) is 5.92 Å². The van der Waals surface area contributed by atoms with Gasteiger partial charge in [0.1, 0.15) is 5.78 Å². The second-order valence-corrected chi connectivity index (χ2v) is 5.08. The summed E-state index contributed by atoms with van der Waals surface area (Å²) in [5.74, 6) is 1.05. The van der Waals surface area contributed by atoms with Crippen molar-refractivity contribution in [2.75, 3.05) is 19.7 Å². The Morgan fingerprint density at radius 3 is 2.69 bits per heavy atom. The van der Waals surface area contributed by atoms with Crippen LogP contribution in [0.2, 0.25) is 0 Å². The van der Waals surface area contributed by atoms with Crippen molar-refractivity contribution in [3.8, 4) is 0 Å². The number of hydrogen-bond acceptors (Lipinski definition) is 3. The molecule has 0 radical (unpaired) electrons. The molecule has 1 atom stereocenters. The highest BCUT2D eigenvalue weighted by Crippen LogP contribution is 2.27. The molecule has 1 N–H and O–H groups in total. The van der Waals surface area contributed by atoms with Gasteiger partial charge in [-0.05, 0) is 25.2 Å². The van der Waals surface area contributed by atoms with E-state index in [1.165, 1.54) is 5.70 Å². The summed E-state index contributed by atoms with van der Waals surface area (Å²) in [6.07, 6.45) is 5.77. The van der Waals surface area contributed by atoms with Gasteiger partial charge in [-0.3, -0.25) is 4.79 Å². The van der Waals surface area contributed by atoms with Gasteiger partial charge in [0.15, 0.2) is 0 Å². The highest BCUT2D eigenvalue weighted by Gasteiger charge is 2.25. The molecule has 0 saturated carbocycles. The molecule has 2 aliphatic rings. The molecular weight excluding hydrogens is 202 g/mol. The number of rotatable bonds is 2. The molecule has 0 aromatic heterocycles. The molecule has 1 heterocycles. The van der Waals surface area contributed by atoms with Gasteiger partial charge in [-0.2, -0.15) is 0 Å². The van der Waals surface area contributed by atoms with Crippen LogP contribution < -0.4 is 0 Å². The number of aliphatic hydroxyl groups excluding tert-OH is 1. The second-order valence-electron chi connectivity index (χ2n) is 5.08. The van der Waals surface area contributed by atoms with Crippen molar-refractivity contribution >= 4 is 5.78 Å². The van der Waals surface area contributed by atoms with Crippen LogP contribution in [0.3, 0.4) is 0 Å². The number of piperidine rings is 1. The van der Waals surface area contributed by atoms with Crippen molar-refractivity contribution in [2.45, 2.75) is 32.6 Å². The van der Waals surface area contributed by atoms with E-state index in [2.05, 4.69) is 11.0 Å². The fourth-order valence-corrected chi connectivity index (χ4v) is 2.59. The van der Waals surface area contributed by atoms with Crippen molar-refractivity contribution in [1.29, 1.82) is 0 Å². The predicted molar refractivity (Wildman–Crippen MR) is 62.9 cm³/mol. The Bertz CT molecular complexity index is 290. The van der Waals surface area contributed by atoms with Gasteiger partial charge in [-0.1, -0.05) is 13.0 Å². The molecule has 90 valence electrons. The zero-order chi connectivity index (χ0) is 11.5. The quantitative estimate of drug-likeness (QED) is 0.772. The number of hydrogen-bond donors (Lipinski definition) is 1. The van der Waals surface area contributed by atoms with Gasteiger partial charge in [0.25, 0.3) is 0 Å². The number of aliphatic hydroxyl groups is 1. The lowest BCUT2D eigenvalue weighted by Gasteiger charge is -2.36. The second kappa shape index (κ2) is 5.00. The highest BCUT2D eigenvalue weighted by atomic mass is 16.3. The minimum absolute atomic E-state index is 0.190. The lowest BCUT2D eigenvalue weighted by Crippen LogP contribution is -2.36. The zero-order valence-corrected chi connectivity index (χ0v) is 9.98. The van der Waals surface area contributed by atoms with E-state index in [9.17, 15) is 4.79 Å². The Morgan fingerprint density at radius 2 is 2.12 bits per heavy atom. The van der Waals surface area contributed by atoms with Crippen LogP contribution in [0.15, 0.2) is 11.8 Å². The fourth-order valence-electron chi connectivity index (χ4n) is 2.59. The molecule has 3 heteroatoms. The summed E-state index contributed by atoms with van der Waals surface area (Å²) in [4.78, 5) is 13.8. The predicted octanol–water partition coefficient (Wildman–Crippen LogP) is 1.57. The van der Waals surface area contributed by atoms with Gasteiger partial charge in [0, 0.05) is 37.7 Å². The molecule has 1 aliphatic carbocycles. The van der Waals surface area contributed by atoms with E-state index in [1.54, 1.807) is 0 Å². The van der Waals surface area contributed by atoms with Crippen molar-refractivity contribution < 1.29 is 9.90 Å². The maximum Gasteiger partial charge on any atom is 0.139 e. The van der Waals surface area contributed by atoms with Crippen LogP contribution in [-0.2, 0) is 4.79 Å². The minimum atomic E-state index is 0.190. The number of carbonyl (C=O) groups is 1. The molecule has 1 fully saturated rings. The number of Topliss-reactive ketones (excluding diaryl/α,β-unsaturated/α-hetero) is 1. The summed E-state index contributed by atoms with van der Waals surface area (Å²) in [6.45, 7) is 4.42. The molecule has 0 aromatic carbocycles. The highest BCUT2D eigenvalue weighted by molar-refractivity contribution is 5.83. The van der Waals surface area contributed by atoms with Crippen LogP contribution in [0, 0.1) is 11.8 Å². The van der Waals surface area contributed by atoms with Crippen molar-refractivity contribution in [2.24, 2.45) is 11.8 Å². The first-order valence-corrected chi connectivity index (χ1v) is 6.28. The Hall–Kier alpha value is -0.830. The smallest absolute Gasteiger partial charge is 0.139 e. The van der Waals surface area contributed by atoms with Gasteiger partial charge in [-0.15, -0.1) is 0 Å². The normalized spacial score (nSPS) is 28.1. The van der Waals surface area contributed by atoms with Gasteiger partial charge in [-0.25, -0.2) is 0 Å². The summed E-state index contributed by atoms with van der Waals surface area (Å²) < 4.78 is 0. The molecular formula is C13H21NO2. The molecule has 0 spiro atoms. The van der Waals surface area contributed by atoms with Gasteiger partial charge >= 0.3 is 0 Å². The molecule has 1 unspecified atom stereocenters. The first kappa shape index (κ1) is 11.6. The first-order chi connectivity index (χ1) is 7.70. The molecule has 1 saturated heterocycles. The number of nitrogens with zero attached hydrogens (tertiary/aromatic N) is 1. The first-order valence-electron chi connectivity index (χ1n) is 6.28. The third-order valence-corrected chi connectivity index (χ3v) is 3.88. The third kappa shape index (κ3) is 2.46. The van der Waals surface area contributed by atoms with Crippen LogP contribution in [0.5, 0.6) is 0 Å². The molecule has 0 aromatic rings. The lowest BCUT2D eigenvalue weighted by molar-refractivity contribution is -0.122.